The van der Waals surface area contributed by atoms with Crippen molar-refractivity contribution in [2.24, 2.45) is 5.73 Å². The molecule has 3 nitrogen and oxygen atoms in total. The van der Waals surface area contributed by atoms with E-state index in [1.54, 1.807) is 0 Å². The molecular formula is C10H23NO2S. The van der Waals surface area contributed by atoms with Crippen molar-refractivity contribution in [1.82, 2.24) is 0 Å². The SMILES string of the molecule is CC(C)(N)CS(=O)CCCCCCO. The predicted octanol–water partition coefficient (Wildman–Crippen LogP) is 1.03. The Morgan fingerprint density at radius 3 is 2.29 bits per heavy atom. The topological polar surface area (TPSA) is 63.3 Å². The minimum Gasteiger partial charge on any atom is -0.396 e. The van der Waals surface area contributed by atoms with Crippen LogP contribution in [-0.4, -0.2) is 33.0 Å². The van der Waals surface area contributed by atoms with Crippen molar-refractivity contribution in [3.8, 4) is 0 Å². The summed E-state index contributed by atoms with van der Waals surface area (Å²) >= 11 is 0. The van der Waals surface area contributed by atoms with Gasteiger partial charge in [0.1, 0.15) is 0 Å². The van der Waals surface area contributed by atoms with Crippen LogP contribution < -0.4 is 5.73 Å². The molecule has 1 unspecified atom stereocenters. The van der Waals surface area contributed by atoms with Crippen molar-refractivity contribution in [2.75, 3.05) is 18.1 Å². The zero-order chi connectivity index (χ0) is 11.0. The van der Waals surface area contributed by atoms with Crippen LogP contribution in [0.5, 0.6) is 0 Å². The Labute approximate surface area is 89.5 Å². The summed E-state index contributed by atoms with van der Waals surface area (Å²) in [5.41, 5.74) is 5.44. The van der Waals surface area contributed by atoms with Crippen molar-refractivity contribution < 1.29 is 9.32 Å². The average Bonchev–Trinajstić information content (AvgIpc) is 2.00. The fraction of sp³-hybridized carbons (Fsp3) is 1.00. The Bertz CT molecular complexity index is 166. The molecule has 0 radical (unpaired) electrons. The van der Waals surface area contributed by atoms with Gasteiger partial charge in [-0.3, -0.25) is 4.21 Å². The van der Waals surface area contributed by atoms with Gasteiger partial charge in [-0.1, -0.05) is 12.8 Å². The smallest absolute Gasteiger partial charge is 0.0431 e. The van der Waals surface area contributed by atoms with Gasteiger partial charge in [0.25, 0.3) is 0 Å². The third-order valence-electron chi connectivity index (χ3n) is 1.81. The van der Waals surface area contributed by atoms with Gasteiger partial charge in [0, 0.05) is 34.5 Å². The van der Waals surface area contributed by atoms with Gasteiger partial charge in [-0.05, 0) is 26.7 Å². The van der Waals surface area contributed by atoms with Crippen molar-refractivity contribution in [3.63, 3.8) is 0 Å². The molecular weight excluding hydrogens is 198 g/mol. The summed E-state index contributed by atoms with van der Waals surface area (Å²) in [4.78, 5) is 0. The van der Waals surface area contributed by atoms with E-state index in [0.29, 0.717) is 5.75 Å². The van der Waals surface area contributed by atoms with E-state index in [1.165, 1.54) is 0 Å². The highest BCUT2D eigenvalue weighted by Crippen LogP contribution is 2.04. The molecule has 0 spiro atoms. The molecule has 14 heavy (non-hydrogen) atoms. The van der Waals surface area contributed by atoms with Crippen molar-refractivity contribution in [1.29, 1.82) is 0 Å². The number of hydrogen-bond donors (Lipinski definition) is 2. The summed E-state index contributed by atoms with van der Waals surface area (Å²) in [6.45, 7) is 4.06. The maximum absolute atomic E-state index is 11.5. The lowest BCUT2D eigenvalue weighted by Gasteiger charge is -2.17. The molecule has 0 aliphatic heterocycles. The Balaban J connectivity index is 3.36. The lowest BCUT2D eigenvalue weighted by Crippen LogP contribution is -2.38. The average molecular weight is 221 g/mol. The van der Waals surface area contributed by atoms with E-state index in [0.717, 1.165) is 31.4 Å². The molecule has 0 heterocycles. The third kappa shape index (κ3) is 10.2. The number of nitrogens with two attached hydrogens (primary N) is 1. The summed E-state index contributed by atoms with van der Waals surface area (Å²) in [6, 6.07) is 0. The number of aliphatic hydroxyl groups is 1. The second-order valence-corrected chi connectivity index (χ2v) is 5.99. The van der Waals surface area contributed by atoms with Crippen LogP contribution in [0.2, 0.25) is 0 Å². The molecule has 0 fully saturated rings. The summed E-state index contributed by atoms with van der Waals surface area (Å²) in [5.74, 6) is 1.32. The number of rotatable bonds is 8. The van der Waals surface area contributed by atoms with Crippen LogP contribution in [0.15, 0.2) is 0 Å². The second-order valence-electron chi connectivity index (χ2n) is 4.41. The van der Waals surface area contributed by atoms with E-state index in [4.69, 9.17) is 10.8 Å². The Morgan fingerprint density at radius 2 is 1.79 bits per heavy atom. The molecule has 0 amide bonds. The quantitative estimate of drug-likeness (QED) is 0.602. The lowest BCUT2D eigenvalue weighted by atomic mass is 10.1. The Morgan fingerprint density at radius 1 is 1.21 bits per heavy atom. The summed E-state index contributed by atoms with van der Waals surface area (Å²) in [6.07, 6.45) is 3.91. The molecule has 0 saturated heterocycles. The third-order valence-corrected chi connectivity index (χ3v) is 3.62. The van der Waals surface area contributed by atoms with Crippen LogP contribution in [0, 0.1) is 0 Å². The van der Waals surface area contributed by atoms with E-state index in [1.807, 2.05) is 13.8 Å². The first-order valence-electron chi connectivity index (χ1n) is 5.20. The highest BCUT2D eigenvalue weighted by Gasteiger charge is 2.14. The first kappa shape index (κ1) is 14.1. The monoisotopic (exact) mass is 221 g/mol. The van der Waals surface area contributed by atoms with Crippen LogP contribution in [0.25, 0.3) is 0 Å². The van der Waals surface area contributed by atoms with Crippen molar-refractivity contribution in [3.05, 3.63) is 0 Å². The summed E-state index contributed by atoms with van der Waals surface area (Å²) < 4.78 is 11.5. The minimum absolute atomic E-state index is 0.263. The molecule has 3 N–H and O–H groups in total. The maximum Gasteiger partial charge on any atom is 0.0431 e. The van der Waals surface area contributed by atoms with E-state index < -0.39 is 10.8 Å². The van der Waals surface area contributed by atoms with Gasteiger partial charge in [-0.15, -0.1) is 0 Å². The van der Waals surface area contributed by atoms with Gasteiger partial charge in [0.05, 0.1) is 0 Å². The highest BCUT2D eigenvalue weighted by molar-refractivity contribution is 7.85. The fourth-order valence-corrected chi connectivity index (χ4v) is 2.72. The molecule has 0 aromatic rings. The van der Waals surface area contributed by atoms with Gasteiger partial charge in [-0.25, -0.2) is 0 Å². The predicted molar refractivity (Wildman–Crippen MR) is 61.7 cm³/mol. The molecule has 0 aromatic carbocycles. The Kier molecular flexibility index (Phi) is 7.41. The molecule has 0 saturated carbocycles. The van der Waals surface area contributed by atoms with Gasteiger partial charge >= 0.3 is 0 Å². The first-order valence-corrected chi connectivity index (χ1v) is 6.69. The van der Waals surface area contributed by atoms with E-state index in [9.17, 15) is 4.21 Å². The first-order chi connectivity index (χ1) is 6.45. The van der Waals surface area contributed by atoms with Crippen LogP contribution >= 0.6 is 0 Å². The number of aliphatic hydroxyl groups excluding tert-OH is 1. The van der Waals surface area contributed by atoms with Crippen LogP contribution in [-0.2, 0) is 10.8 Å². The maximum atomic E-state index is 11.5. The second kappa shape index (κ2) is 7.37. The normalized spacial score (nSPS) is 14.3. The molecule has 4 heteroatoms. The molecule has 0 aliphatic carbocycles. The number of unbranched alkanes of at least 4 members (excludes halogenated alkanes) is 3. The molecule has 1 atom stereocenters. The fourth-order valence-electron chi connectivity index (χ4n) is 1.22. The molecule has 0 bridgehead atoms. The number of hydrogen-bond acceptors (Lipinski definition) is 3. The zero-order valence-corrected chi connectivity index (χ0v) is 10.1. The van der Waals surface area contributed by atoms with E-state index >= 15 is 0 Å². The van der Waals surface area contributed by atoms with Crippen LogP contribution in [0.3, 0.4) is 0 Å². The van der Waals surface area contributed by atoms with Gasteiger partial charge < -0.3 is 10.8 Å². The van der Waals surface area contributed by atoms with Gasteiger partial charge in [0.15, 0.2) is 0 Å². The van der Waals surface area contributed by atoms with Gasteiger partial charge in [0.2, 0.25) is 0 Å². The van der Waals surface area contributed by atoms with Crippen molar-refractivity contribution in [2.45, 2.75) is 45.1 Å². The lowest BCUT2D eigenvalue weighted by molar-refractivity contribution is 0.283. The van der Waals surface area contributed by atoms with Crippen molar-refractivity contribution >= 4 is 10.8 Å². The highest BCUT2D eigenvalue weighted by atomic mass is 32.2. The van der Waals surface area contributed by atoms with Crippen LogP contribution in [0.4, 0.5) is 0 Å². The molecule has 86 valence electrons. The molecule has 0 rings (SSSR count). The standard InChI is InChI=1S/C10H23NO2S/c1-10(2,11)9-14(13)8-6-4-3-5-7-12/h12H,3-9,11H2,1-2H3. The molecule has 0 aromatic heterocycles. The zero-order valence-electron chi connectivity index (χ0n) is 9.29. The molecule has 0 aliphatic rings. The summed E-state index contributed by atoms with van der Waals surface area (Å²) in [7, 11) is -0.782. The Hall–Kier alpha value is 0.0700. The van der Waals surface area contributed by atoms with E-state index in [2.05, 4.69) is 0 Å². The largest absolute Gasteiger partial charge is 0.396 e. The van der Waals surface area contributed by atoms with Crippen LogP contribution in [0.1, 0.15) is 39.5 Å². The van der Waals surface area contributed by atoms with Gasteiger partial charge in [-0.2, -0.15) is 0 Å². The minimum atomic E-state index is -0.782. The summed E-state index contributed by atoms with van der Waals surface area (Å²) in [5, 5.41) is 8.55. The van der Waals surface area contributed by atoms with E-state index in [-0.39, 0.29) is 12.1 Å².